The average Bonchev–Trinajstić information content (AvgIpc) is 2.70. The van der Waals surface area contributed by atoms with Gasteiger partial charge in [-0.15, -0.1) is 0 Å². The van der Waals surface area contributed by atoms with Gasteiger partial charge in [-0.25, -0.2) is 9.59 Å². The zero-order valence-corrected chi connectivity index (χ0v) is 11.1. The van der Waals surface area contributed by atoms with E-state index in [0.717, 1.165) is 17.9 Å². The van der Waals surface area contributed by atoms with Crippen molar-refractivity contribution in [3.63, 3.8) is 0 Å². The van der Waals surface area contributed by atoms with Gasteiger partial charge in [-0.3, -0.25) is 0 Å². The molecule has 0 radical (unpaired) electrons. The monoisotopic (exact) mass is 260 g/mol. The second-order valence-electron chi connectivity index (χ2n) is 4.55. The normalized spacial score (nSPS) is 22.8. The van der Waals surface area contributed by atoms with Gasteiger partial charge in [0, 0.05) is 11.8 Å². The number of rotatable bonds is 5. The van der Waals surface area contributed by atoms with E-state index in [9.17, 15) is 9.59 Å². The van der Waals surface area contributed by atoms with Crippen LogP contribution in [0.5, 0.6) is 0 Å². The summed E-state index contributed by atoms with van der Waals surface area (Å²) in [5.74, 6) is 0.969. The van der Waals surface area contributed by atoms with Crippen LogP contribution in [0.25, 0.3) is 0 Å². The number of nitrogens with one attached hydrogen (secondary N) is 2. The molecule has 1 saturated heterocycles. The average molecular weight is 260 g/mol. The fourth-order valence-electron chi connectivity index (χ4n) is 1.84. The van der Waals surface area contributed by atoms with Crippen LogP contribution in [0, 0.1) is 0 Å². The van der Waals surface area contributed by atoms with Gasteiger partial charge in [0.15, 0.2) is 0 Å². The Kier molecular flexibility index (Phi) is 5.11. The number of aliphatic carboxylic acids is 1. The Balaban J connectivity index is 2.48. The summed E-state index contributed by atoms with van der Waals surface area (Å²) in [6, 6.07) is -0.212. The number of carboxylic acid groups (broad SMARTS) is 1. The summed E-state index contributed by atoms with van der Waals surface area (Å²) in [6.07, 6.45) is 2.09. The summed E-state index contributed by atoms with van der Waals surface area (Å²) in [4.78, 5) is 22.8. The zero-order valence-electron chi connectivity index (χ0n) is 10.3. The third-order valence-electron chi connectivity index (χ3n) is 2.88. The Morgan fingerprint density at radius 2 is 2.24 bits per heavy atom. The quantitative estimate of drug-likeness (QED) is 0.699. The van der Waals surface area contributed by atoms with Gasteiger partial charge in [0.05, 0.1) is 0 Å². The summed E-state index contributed by atoms with van der Waals surface area (Å²) < 4.78 is 0. The molecule has 1 aliphatic rings. The molecule has 1 heterocycles. The number of urea groups is 1. The Morgan fingerprint density at radius 1 is 1.53 bits per heavy atom. The first-order chi connectivity index (χ1) is 7.98. The van der Waals surface area contributed by atoms with E-state index in [1.54, 1.807) is 18.7 Å². The lowest BCUT2D eigenvalue weighted by Crippen LogP contribution is -2.56. The number of hydrogen-bond donors (Lipinski definition) is 3. The highest BCUT2D eigenvalue weighted by Crippen LogP contribution is 2.17. The van der Waals surface area contributed by atoms with Crippen molar-refractivity contribution < 1.29 is 14.7 Å². The molecule has 2 atom stereocenters. The SMILES string of the molecule is CCCC(C)(NC(=O)NC1CCSC1)C(=O)O. The van der Waals surface area contributed by atoms with Gasteiger partial charge in [-0.1, -0.05) is 13.3 Å². The molecule has 1 fully saturated rings. The lowest BCUT2D eigenvalue weighted by Gasteiger charge is -2.26. The Bertz CT molecular complexity index is 292. The number of hydrogen-bond acceptors (Lipinski definition) is 3. The second-order valence-corrected chi connectivity index (χ2v) is 5.70. The van der Waals surface area contributed by atoms with E-state index in [1.807, 2.05) is 6.92 Å². The number of amides is 2. The van der Waals surface area contributed by atoms with E-state index >= 15 is 0 Å². The van der Waals surface area contributed by atoms with Crippen molar-refractivity contribution in [3.8, 4) is 0 Å². The van der Waals surface area contributed by atoms with Crippen molar-refractivity contribution in [2.45, 2.75) is 44.7 Å². The lowest BCUT2D eigenvalue weighted by atomic mass is 9.96. The smallest absolute Gasteiger partial charge is 0.329 e. The third kappa shape index (κ3) is 4.11. The minimum Gasteiger partial charge on any atom is -0.480 e. The second kappa shape index (κ2) is 6.14. The molecule has 0 bridgehead atoms. The van der Waals surface area contributed by atoms with Crippen LogP contribution in [0.2, 0.25) is 0 Å². The molecule has 0 aromatic carbocycles. The van der Waals surface area contributed by atoms with Crippen molar-refractivity contribution in [1.82, 2.24) is 10.6 Å². The fourth-order valence-corrected chi connectivity index (χ4v) is 3.00. The van der Waals surface area contributed by atoms with Crippen LogP contribution in [-0.4, -0.2) is 40.2 Å². The Hall–Kier alpha value is -0.910. The van der Waals surface area contributed by atoms with Gasteiger partial charge >= 0.3 is 12.0 Å². The maximum atomic E-state index is 11.7. The van der Waals surface area contributed by atoms with E-state index in [-0.39, 0.29) is 12.1 Å². The van der Waals surface area contributed by atoms with Crippen molar-refractivity contribution >= 4 is 23.8 Å². The topological polar surface area (TPSA) is 78.4 Å². The highest BCUT2D eigenvalue weighted by molar-refractivity contribution is 7.99. The molecule has 2 unspecified atom stereocenters. The summed E-state index contributed by atoms with van der Waals surface area (Å²) in [7, 11) is 0. The van der Waals surface area contributed by atoms with Gasteiger partial charge in [0.25, 0.3) is 0 Å². The van der Waals surface area contributed by atoms with Gasteiger partial charge in [0.2, 0.25) is 0 Å². The molecule has 98 valence electrons. The molecule has 6 heteroatoms. The molecular weight excluding hydrogens is 240 g/mol. The Morgan fingerprint density at radius 3 is 2.71 bits per heavy atom. The number of carboxylic acids is 1. The first-order valence-corrected chi connectivity index (χ1v) is 7.03. The zero-order chi connectivity index (χ0) is 12.9. The maximum Gasteiger partial charge on any atom is 0.329 e. The van der Waals surface area contributed by atoms with Crippen molar-refractivity contribution in [1.29, 1.82) is 0 Å². The summed E-state index contributed by atoms with van der Waals surface area (Å²) in [5.41, 5.74) is -1.18. The van der Waals surface area contributed by atoms with Gasteiger partial charge < -0.3 is 15.7 Å². The molecule has 0 aliphatic carbocycles. The molecule has 3 N–H and O–H groups in total. The van der Waals surface area contributed by atoms with Crippen LogP contribution < -0.4 is 10.6 Å². The van der Waals surface area contributed by atoms with Crippen LogP contribution in [0.15, 0.2) is 0 Å². The van der Waals surface area contributed by atoms with Crippen molar-refractivity contribution in [2.24, 2.45) is 0 Å². The molecule has 17 heavy (non-hydrogen) atoms. The fraction of sp³-hybridized carbons (Fsp3) is 0.818. The molecule has 1 rings (SSSR count). The van der Waals surface area contributed by atoms with Crippen LogP contribution in [0.3, 0.4) is 0 Å². The number of carbonyl (C=O) groups is 2. The predicted octanol–water partition coefficient (Wildman–Crippen LogP) is 1.43. The minimum atomic E-state index is -1.18. The number of carbonyl (C=O) groups excluding carboxylic acids is 1. The molecule has 0 aromatic heterocycles. The predicted molar refractivity (Wildman–Crippen MR) is 68.3 cm³/mol. The van der Waals surface area contributed by atoms with Gasteiger partial charge in [-0.05, 0) is 25.5 Å². The maximum absolute atomic E-state index is 11.7. The lowest BCUT2D eigenvalue weighted by molar-refractivity contribution is -0.144. The van der Waals surface area contributed by atoms with Crippen molar-refractivity contribution in [2.75, 3.05) is 11.5 Å². The Labute approximate surface area is 106 Å². The number of thioether (sulfide) groups is 1. The van der Waals surface area contributed by atoms with Gasteiger partial charge in [-0.2, -0.15) is 11.8 Å². The highest BCUT2D eigenvalue weighted by atomic mass is 32.2. The van der Waals surface area contributed by atoms with Crippen molar-refractivity contribution in [3.05, 3.63) is 0 Å². The molecular formula is C11H20N2O3S. The molecule has 0 aromatic rings. The molecule has 1 aliphatic heterocycles. The van der Waals surface area contributed by atoms with E-state index in [4.69, 9.17) is 5.11 Å². The summed E-state index contributed by atoms with van der Waals surface area (Å²) >= 11 is 1.80. The highest BCUT2D eigenvalue weighted by Gasteiger charge is 2.34. The summed E-state index contributed by atoms with van der Waals surface area (Å²) in [5, 5.41) is 14.5. The van der Waals surface area contributed by atoms with Crippen LogP contribution in [-0.2, 0) is 4.79 Å². The van der Waals surface area contributed by atoms with E-state index < -0.39 is 11.5 Å². The molecule has 0 spiro atoms. The molecule has 5 nitrogen and oxygen atoms in total. The largest absolute Gasteiger partial charge is 0.480 e. The minimum absolute atomic E-state index is 0.166. The van der Waals surface area contributed by atoms with E-state index in [1.165, 1.54) is 0 Å². The first kappa shape index (κ1) is 14.2. The molecule has 2 amide bonds. The summed E-state index contributed by atoms with van der Waals surface area (Å²) in [6.45, 7) is 3.44. The van der Waals surface area contributed by atoms with E-state index in [0.29, 0.717) is 12.8 Å². The standard InChI is InChI=1S/C11H20N2O3S/c1-3-5-11(2,9(14)15)13-10(16)12-8-4-6-17-7-8/h8H,3-7H2,1-2H3,(H,14,15)(H2,12,13,16). The first-order valence-electron chi connectivity index (χ1n) is 5.88. The van der Waals surface area contributed by atoms with Crippen LogP contribution >= 0.6 is 11.8 Å². The van der Waals surface area contributed by atoms with Crippen LogP contribution in [0.4, 0.5) is 4.79 Å². The van der Waals surface area contributed by atoms with E-state index in [2.05, 4.69) is 10.6 Å². The van der Waals surface area contributed by atoms with Crippen LogP contribution in [0.1, 0.15) is 33.1 Å². The van der Waals surface area contributed by atoms with Gasteiger partial charge in [0.1, 0.15) is 5.54 Å². The third-order valence-corrected chi connectivity index (χ3v) is 4.04. The molecule has 0 saturated carbocycles.